The molecule has 1 aromatic carbocycles. The SMILES string of the molecule is C[S+]([O-])c1c(S(Cl)(Cl)CF)c(C#N)c(Cl)n1-c1c(Cl)cc(C(F)(F)F)cc1Cl. The van der Waals surface area contributed by atoms with Crippen LogP contribution in [0.15, 0.2) is 22.1 Å². The molecule has 0 saturated carbocycles. The molecular weight excluding hydrogens is 530 g/mol. The third-order valence-corrected chi connectivity index (χ3v) is 8.10. The van der Waals surface area contributed by atoms with Crippen molar-refractivity contribution in [1.29, 1.82) is 5.26 Å². The summed E-state index contributed by atoms with van der Waals surface area (Å²) in [5.74, 6) is 0. The molecule has 0 amide bonds. The molecule has 0 N–H and O–H groups in total. The van der Waals surface area contributed by atoms with Gasteiger partial charge in [0.25, 0.3) is 0 Å². The van der Waals surface area contributed by atoms with Crippen LogP contribution < -0.4 is 0 Å². The molecule has 1 aromatic heterocycles. The molecular formula is C14H7Cl5F4N2OS2. The predicted octanol–water partition coefficient (Wildman–Crippen LogP) is 7.46. The van der Waals surface area contributed by atoms with E-state index in [0.29, 0.717) is 12.1 Å². The van der Waals surface area contributed by atoms with Gasteiger partial charge >= 0.3 is 6.18 Å². The molecule has 0 saturated heterocycles. The number of hydrogen-bond acceptors (Lipinski definition) is 2. The quantitative estimate of drug-likeness (QED) is 0.301. The lowest BCUT2D eigenvalue weighted by Crippen LogP contribution is -2.11. The van der Waals surface area contributed by atoms with Crippen molar-refractivity contribution >= 4 is 75.8 Å². The van der Waals surface area contributed by atoms with Crippen LogP contribution in [0.3, 0.4) is 0 Å². The van der Waals surface area contributed by atoms with Gasteiger partial charge in [0, 0.05) is 11.2 Å². The number of benzene rings is 1. The first kappa shape index (κ1) is 24.1. The van der Waals surface area contributed by atoms with E-state index in [-0.39, 0.29) is 21.2 Å². The predicted molar refractivity (Wildman–Crippen MR) is 106 cm³/mol. The fourth-order valence-electron chi connectivity index (χ4n) is 2.33. The summed E-state index contributed by atoms with van der Waals surface area (Å²) in [4.78, 5) is -0.307. The first-order valence-electron chi connectivity index (χ1n) is 6.78. The zero-order chi connectivity index (χ0) is 21.6. The fourth-order valence-corrected chi connectivity index (χ4v) is 7.06. The van der Waals surface area contributed by atoms with Crippen molar-refractivity contribution in [2.24, 2.45) is 0 Å². The molecule has 0 aliphatic carbocycles. The highest BCUT2D eigenvalue weighted by Gasteiger charge is 2.40. The van der Waals surface area contributed by atoms with Gasteiger partial charge in [-0.1, -0.05) is 34.8 Å². The van der Waals surface area contributed by atoms with E-state index < -0.39 is 52.6 Å². The molecule has 0 aliphatic rings. The first-order chi connectivity index (χ1) is 12.8. The summed E-state index contributed by atoms with van der Waals surface area (Å²) in [5, 5.41) is 7.73. The Morgan fingerprint density at radius 2 is 1.71 bits per heavy atom. The third kappa shape index (κ3) is 4.30. The van der Waals surface area contributed by atoms with Gasteiger partial charge in [0.2, 0.25) is 5.03 Å². The Morgan fingerprint density at radius 3 is 2.07 bits per heavy atom. The van der Waals surface area contributed by atoms with Gasteiger partial charge in [-0.3, -0.25) is 4.57 Å². The Kier molecular flexibility index (Phi) is 7.33. The van der Waals surface area contributed by atoms with Crippen molar-refractivity contribution in [1.82, 2.24) is 4.57 Å². The number of rotatable bonds is 4. The molecule has 1 heterocycles. The molecule has 3 nitrogen and oxygen atoms in total. The Hall–Kier alpha value is -0.180. The molecule has 0 radical (unpaired) electrons. The first-order valence-corrected chi connectivity index (χ1v) is 12.9. The maximum Gasteiger partial charge on any atom is 0.416 e. The molecule has 2 aromatic rings. The van der Waals surface area contributed by atoms with Crippen LogP contribution in [0.1, 0.15) is 11.1 Å². The van der Waals surface area contributed by atoms with E-state index in [0.717, 1.165) is 4.57 Å². The van der Waals surface area contributed by atoms with Crippen LogP contribution in [-0.2, 0) is 17.4 Å². The molecule has 0 aliphatic heterocycles. The van der Waals surface area contributed by atoms with Gasteiger partial charge in [0.05, 0.1) is 21.3 Å². The van der Waals surface area contributed by atoms with E-state index in [9.17, 15) is 27.4 Å². The second kappa shape index (κ2) is 8.52. The summed E-state index contributed by atoms with van der Waals surface area (Å²) in [6.45, 7) is 0. The fraction of sp³-hybridized carbons (Fsp3) is 0.214. The summed E-state index contributed by atoms with van der Waals surface area (Å²) in [6, 6.07) is 1.58. The van der Waals surface area contributed by atoms with Crippen LogP contribution in [0.4, 0.5) is 17.6 Å². The second-order valence-electron chi connectivity index (χ2n) is 5.17. The van der Waals surface area contributed by atoms with Gasteiger partial charge in [-0.15, -0.1) is 0 Å². The van der Waals surface area contributed by atoms with E-state index in [1.165, 1.54) is 6.26 Å². The molecule has 14 heteroatoms. The molecule has 2 rings (SSSR count). The van der Waals surface area contributed by atoms with E-state index in [4.69, 9.17) is 56.2 Å². The van der Waals surface area contributed by atoms with Gasteiger partial charge in [-0.25, -0.2) is 4.39 Å². The van der Waals surface area contributed by atoms with Crippen LogP contribution in [0.5, 0.6) is 0 Å². The third-order valence-electron chi connectivity index (χ3n) is 3.41. The molecule has 1 unspecified atom stereocenters. The standard InChI is InChI=1S/C14H7Cl5F4N2OS2/c1-27(26)13-11(28(18,19)5-20)7(4-24)12(17)25(13)10-8(15)2-6(3-9(10)16)14(21,22)23/h2-3H,5H2,1H3. The van der Waals surface area contributed by atoms with Gasteiger partial charge in [0.15, 0.2) is 0 Å². The molecule has 28 heavy (non-hydrogen) atoms. The van der Waals surface area contributed by atoms with E-state index in [1.54, 1.807) is 6.07 Å². The lowest BCUT2D eigenvalue weighted by atomic mass is 10.2. The minimum absolute atomic E-state index is 0.281. The van der Waals surface area contributed by atoms with Crippen LogP contribution in [0.25, 0.3) is 5.69 Å². The molecule has 154 valence electrons. The zero-order valence-electron chi connectivity index (χ0n) is 13.4. The van der Waals surface area contributed by atoms with Crippen LogP contribution in [-0.4, -0.2) is 21.4 Å². The summed E-state index contributed by atoms with van der Waals surface area (Å²) < 4.78 is 65.7. The van der Waals surface area contributed by atoms with Crippen molar-refractivity contribution in [2.45, 2.75) is 16.1 Å². The minimum Gasteiger partial charge on any atom is -0.610 e. The molecule has 1 atom stereocenters. The van der Waals surface area contributed by atoms with Crippen molar-refractivity contribution in [2.75, 3.05) is 12.3 Å². The van der Waals surface area contributed by atoms with Crippen molar-refractivity contribution in [3.63, 3.8) is 0 Å². The monoisotopic (exact) mass is 534 g/mol. The summed E-state index contributed by atoms with van der Waals surface area (Å²) in [5.41, 5.74) is -1.79. The molecule has 0 fully saturated rings. The number of nitrogens with zero attached hydrogens (tertiary/aromatic N) is 2. The summed E-state index contributed by atoms with van der Waals surface area (Å²) >= 11 is 16.2. The highest BCUT2D eigenvalue weighted by molar-refractivity contribution is 8.65. The summed E-state index contributed by atoms with van der Waals surface area (Å²) in [6.07, 6.45) is -3.56. The Bertz CT molecular complexity index is 949. The Balaban J connectivity index is 2.98. The van der Waals surface area contributed by atoms with Gasteiger partial charge < -0.3 is 4.55 Å². The average Bonchev–Trinajstić information content (AvgIpc) is 2.87. The smallest absolute Gasteiger partial charge is 0.416 e. The van der Waals surface area contributed by atoms with E-state index in [1.807, 2.05) is 0 Å². The second-order valence-corrected chi connectivity index (χ2v) is 13.1. The topological polar surface area (TPSA) is 51.8 Å². The van der Waals surface area contributed by atoms with Crippen LogP contribution >= 0.6 is 64.6 Å². The van der Waals surface area contributed by atoms with E-state index >= 15 is 0 Å². The Labute approximate surface area is 185 Å². The maximum absolute atomic E-state index is 13.4. The normalized spacial score (nSPS) is 14.1. The lowest BCUT2D eigenvalue weighted by Gasteiger charge is -2.22. The van der Waals surface area contributed by atoms with Crippen molar-refractivity contribution in [3.8, 4) is 11.8 Å². The summed E-state index contributed by atoms with van der Waals surface area (Å²) in [7, 11) is 8.74. The number of aromatic nitrogens is 1. The minimum atomic E-state index is -4.73. The van der Waals surface area contributed by atoms with E-state index in [2.05, 4.69) is 0 Å². The Morgan fingerprint density at radius 1 is 1.21 bits per heavy atom. The van der Waals surface area contributed by atoms with Gasteiger partial charge in [0.1, 0.15) is 33.9 Å². The number of nitriles is 1. The van der Waals surface area contributed by atoms with Crippen molar-refractivity contribution in [3.05, 3.63) is 38.5 Å². The van der Waals surface area contributed by atoms with Crippen LogP contribution in [0, 0.1) is 11.3 Å². The lowest BCUT2D eigenvalue weighted by molar-refractivity contribution is -0.137. The number of hydrogen-bond donors (Lipinski definition) is 0. The molecule has 0 bridgehead atoms. The largest absolute Gasteiger partial charge is 0.610 e. The maximum atomic E-state index is 13.4. The average molecular weight is 537 g/mol. The number of alkyl halides is 4. The zero-order valence-corrected chi connectivity index (χ0v) is 18.8. The van der Waals surface area contributed by atoms with Gasteiger partial charge in [-0.2, -0.15) is 18.4 Å². The van der Waals surface area contributed by atoms with Gasteiger partial charge in [-0.05, 0) is 42.0 Å². The highest BCUT2D eigenvalue weighted by atomic mass is 36.0. The highest BCUT2D eigenvalue weighted by Crippen LogP contribution is 2.69. The van der Waals surface area contributed by atoms with Crippen molar-refractivity contribution < 1.29 is 22.1 Å². The number of halogens is 9. The molecule has 0 spiro atoms. The van der Waals surface area contributed by atoms with Crippen LogP contribution in [0.2, 0.25) is 15.2 Å².